The van der Waals surface area contributed by atoms with Gasteiger partial charge in [0.1, 0.15) is 8.07 Å². The molecule has 0 unspecified atom stereocenters. The minimum atomic E-state index is -1.39. The van der Waals surface area contributed by atoms with Gasteiger partial charge in [-0.2, -0.15) is 0 Å². The molecule has 0 heterocycles. The summed E-state index contributed by atoms with van der Waals surface area (Å²) in [5.41, 5.74) is 4.08. The molecule has 0 aliphatic heterocycles. The summed E-state index contributed by atoms with van der Waals surface area (Å²) in [7, 11) is -1.39. The number of benzene rings is 1. The van der Waals surface area contributed by atoms with E-state index in [1.165, 1.54) is 6.08 Å². The molecule has 0 fully saturated rings. The molecule has 0 radical (unpaired) electrons. The van der Waals surface area contributed by atoms with Gasteiger partial charge in [-0.05, 0) is 29.4 Å². The van der Waals surface area contributed by atoms with Crippen LogP contribution < -0.4 is 0 Å². The predicted octanol–water partition coefficient (Wildman–Crippen LogP) is 3.15. The Balaban J connectivity index is 2.60. The Morgan fingerprint density at radius 3 is 2.39 bits per heavy atom. The molecule has 0 saturated heterocycles. The highest BCUT2D eigenvalue weighted by atomic mass is 28.3. The van der Waals surface area contributed by atoms with Crippen molar-refractivity contribution in [3.63, 3.8) is 0 Å². The Labute approximate surface area is 110 Å². The maximum atomic E-state index is 11.4. The summed E-state index contributed by atoms with van der Waals surface area (Å²) < 4.78 is 0. The fraction of sp³-hybridized carbons (Fsp3) is 0.188. The van der Waals surface area contributed by atoms with Crippen LogP contribution in [0, 0.1) is 23.3 Å². The van der Waals surface area contributed by atoms with Crippen LogP contribution in [-0.2, 0) is 4.79 Å². The van der Waals surface area contributed by atoms with E-state index in [1.807, 2.05) is 30.3 Å². The third kappa shape index (κ3) is 6.53. The van der Waals surface area contributed by atoms with Crippen molar-refractivity contribution in [2.75, 3.05) is 0 Å². The third-order valence-corrected chi connectivity index (χ3v) is 2.79. The van der Waals surface area contributed by atoms with Crippen molar-refractivity contribution in [1.82, 2.24) is 0 Å². The summed E-state index contributed by atoms with van der Waals surface area (Å²) in [6.07, 6.45) is 3.22. The van der Waals surface area contributed by atoms with E-state index in [0.29, 0.717) is 0 Å². The average molecular weight is 252 g/mol. The van der Waals surface area contributed by atoms with Gasteiger partial charge in [0.05, 0.1) is 0 Å². The highest BCUT2D eigenvalue weighted by Crippen LogP contribution is 2.00. The molecule has 0 aliphatic rings. The summed E-state index contributed by atoms with van der Waals surface area (Å²) >= 11 is 0. The summed E-state index contributed by atoms with van der Waals surface area (Å²) in [5.74, 6) is 7.63. The zero-order chi connectivity index (χ0) is 13.4. The third-order valence-electron chi connectivity index (χ3n) is 1.91. The molecule has 1 rings (SSSR count). The van der Waals surface area contributed by atoms with E-state index in [9.17, 15) is 4.79 Å². The highest BCUT2D eigenvalue weighted by molar-refractivity contribution is 6.83. The largest absolute Gasteiger partial charge is 0.280 e. The molecular formula is C16H16OSi. The van der Waals surface area contributed by atoms with Gasteiger partial charge in [-0.15, -0.1) is 5.54 Å². The fourth-order valence-electron chi connectivity index (χ4n) is 1.09. The van der Waals surface area contributed by atoms with E-state index in [1.54, 1.807) is 6.08 Å². The van der Waals surface area contributed by atoms with E-state index < -0.39 is 8.07 Å². The molecule has 1 nitrogen and oxygen atoms in total. The Morgan fingerprint density at radius 2 is 1.78 bits per heavy atom. The van der Waals surface area contributed by atoms with E-state index in [2.05, 4.69) is 42.9 Å². The molecule has 18 heavy (non-hydrogen) atoms. The lowest BCUT2D eigenvalue weighted by molar-refractivity contribution is -0.109. The first-order chi connectivity index (χ1) is 8.47. The van der Waals surface area contributed by atoms with Crippen LogP contribution in [0.1, 0.15) is 5.56 Å². The van der Waals surface area contributed by atoms with E-state index in [0.717, 1.165) is 5.56 Å². The molecule has 0 bridgehead atoms. The molecule has 1 aromatic rings. The number of carbonyl (C=O) groups is 1. The molecule has 0 saturated carbocycles. The zero-order valence-corrected chi connectivity index (χ0v) is 11.9. The normalized spacial score (nSPS) is 10.2. The number of carbonyl (C=O) groups excluding carboxylic acids is 1. The summed E-state index contributed by atoms with van der Waals surface area (Å²) in [5, 5.41) is 0. The maximum Gasteiger partial charge on any atom is 0.229 e. The van der Waals surface area contributed by atoms with Gasteiger partial charge in [0.15, 0.2) is 0 Å². The van der Waals surface area contributed by atoms with Crippen LogP contribution in [0.15, 0.2) is 36.4 Å². The lowest BCUT2D eigenvalue weighted by Crippen LogP contribution is -2.16. The van der Waals surface area contributed by atoms with Gasteiger partial charge in [0.2, 0.25) is 5.78 Å². The quantitative estimate of drug-likeness (QED) is 0.342. The molecule has 0 amide bonds. The van der Waals surface area contributed by atoms with Crippen LogP contribution in [0.4, 0.5) is 0 Å². The number of allylic oxidation sites excluding steroid dienone is 1. The Hall–Kier alpha value is -2.03. The lowest BCUT2D eigenvalue weighted by atomic mass is 10.2. The van der Waals surface area contributed by atoms with Gasteiger partial charge in [0, 0.05) is 0 Å². The van der Waals surface area contributed by atoms with Gasteiger partial charge in [0.25, 0.3) is 0 Å². The molecule has 0 N–H and O–H groups in total. The molecule has 2 heteroatoms. The molecule has 90 valence electrons. The maximum absolute atomic E-state index is 11.4. The van der Waals surface area contributed by atoms with Gasteiger partial charge in [-0.1, -0.05) is 56.0 Å². The lowest BCUT2D eigenvalue weighted by Gasteiger charge is -2.01. The van der Waals surface area contributed by atoms with Crippen molar-refractivity contribution in [2.24, 2.45) is 0 Å². The summed E-state index contributed by atoms with van der Waals surface area (Å²) in [6.45, 7) is 6.41. The van der Waals surface area contributed by atoms with Crippen molar-refractivity contribution in [3.05, 3.63) is 42.0 Å². The van der Waals surface area contributed by atoms with Crippen molar-refractivity contribution < 1.29 is 4.79 Å². The van der Waals surface area contributed by atoms with Crippen LogP contribution >= 0.6 is 0 Å². The second kappa shape index (κ2) is 6.64. The Kier molecular flexibility index (Phi) is 5.18. The monoisotopic (exact) mass is 252 g/mol. The molecule has 1 aromatic carbocycles. The zero-order valence-electron chi connectivity index (χ0n) is 10.9. The van der Waals surface area contributed by atoms with E-state index >= 15 is 0 Å². The first-order valence-corrected chi connectivity index (χ1v) is 9.28. The Morgan fingerprint density at radius 1 is 1.11 bits per heavy atom. The van der Waals surface area contributed by atoms with Crippen molar-refractivity contribution >= 4 is 19.9 Å². The van der Waals surface area contributed by atoms with Crippen LogP contribution in [0.5, 0.6) is 0 Å². The fourth-order valence-corrected chi connectivity index (χ4v) is 1.53. The van der Waals surface area contributed by atoms with Crippen LogP contribution in [0.2, 0.25) is 19.6 Å². The standard InChI is InChI=1S/C16H16OSi/c1-18(2,3)14-8-7-11-16(17)13-12-15-9-5-4-6-10-15/h4-6,9-10,12-13H,1-3H3/b13-12+. The van der Waals surface area contributed by atoms with Crippen molar-refractivity contribution in [1.29, 1.82) is 0 Å². The number of hydrogen-bond donors (Lipinski definition) is 0. The van der Waals surface area contributed by atoms with Gasteiger partial charge in [-0.3, -0.25) is 4.79 Å². The van der Waals surface area contributed by atoms with Crippen LogP contribution in [-0.4, -0.2) is 13.9 Å². The van der Waals surface area contributed by atoms with Crippen molar-refractivity contribution in [2.45, 2.75) is 19.6 Å². The second-order valence-electron chi connectivity index (χ2n) is 4.86. The number of rotatable bonds is 2. The van der Waals surface area contributed by atoms with E-state index in [4.69, 9.17) is 0 Å². The topological polar surface area (TPSA) is 17.1 Å². The molecule has 0 aromatic heterocycles. The van der Waals surface area contributed by atoms with Gasteiger partial charge in [-0.25, -0.2) is 0 Å². The average Bonchev–Trinajstić information content (AvgIpc) is 2.32. The second-order valence-corrected chi connectivity index (χ2v) is 9.61. The molecular weight excluding hydrogens is 236 g/mol. The smallest absolute Gasteiger partial charge is 0.229 e. The van der Waals surface area contributed by atoms with E-state index in [-0.39, 0.29) is 5.78 Å². The predicted molar refractivity (Wildman–Crippen MR) is 79.4 cm³/mol. The molecule has 0 spiro atoms. The molecule has 0 aliphatic carbocycles. The molecule has 0 atom stereocenters. The van der Waals surface area contributed by atoms with Crippen molar-refractivity contribution in [3.8, 4) is 23.3 Å². The summed E-state index contributed by atoms with van der Waals surface area (Å²) in [4.78, 5) is 11.4. The number of ketones is 1. The van der Waals surface area contributed by atoms with Gasteiger partial charge < -0.3 is 0 Å². The van der Waals surface area contributed by atoms with Crippen LogP contribution in [0.3, 0.4) is 0 Å². The number of hydrogen-bond acceptors (Lipinski definition) is 1. The first kappa shape index (κ1) is 14.0. The summed E-state index contributed by atoms with van der Waals surface area (Å²) in [6, 6.07) is 9.65. The first-order valence-electron chi connectivity index (χ1n) is 5.78. The minimum absolute atomic E-state index is 0.219. The minimum Gasteiger partial charge on any atom is -0.280 e. The van der Waals surface area contributed by atoms with Crippen LogP contribution in [0.25, 0.3) is 6.08 Å². The Bertz CT molecular complexity index is 554. The van der Waals surface area contributed by atoms with Gasteiger partial charge >= 0.3 is 0 Å². The SMILES string of the molecule is C[Si](C)(C)C#CC#CC(=O)/C=C/c1ccccc1. The highest BCUT2D eigenvalue weighted by Gasteiger charge is 2.06.